The lowest BCUT2D eigenvalue weighted by Gasteiger charge is -2.15. The highest BCUT2D eigenvalue weighted by Crippen LogP contribution is 2.39. The molecule has 3 aromatic rings. The molecule has 34 heavy (non-hydrogen) atoms. The average Bonchev–Trinajstić information content (AvgIpc) is 3.16. The first kappa shape index (κ1) is 24.4. The maximum Gasteiger partial charge on any atom is 0.270 e. The summed E-state index contributed by atoms with van der Waals surface area (Å²) in [6.07, 6.45) is 0. The number of rotatable bonds is 7. The van der Waals surface area contributed by atoms with Crippen molar-refractivity contribution in [1.29, 1.82) is 0 Å². The summed E-state index contributed by atoms with van der Waals surface area (Å²) < 4.78 is 0. The van der Waals surface area contributed by atoms with Crippen molar-refractivity contribution in [3.8, 4) is 0 Å². The second-order valence-corrected chi connectivity index (χ2v) is 7.36. The van der Waals surface area contributed by atoms with Gasteiger partial charge in [-0.2, -0.15) is 0 Å². The topological polar surface area (TPSA) is 139 Å². The number of hydrogen-bond acceptors (Lipinski definition) is 6. The van der Waals surface area contributed by atoms with Crippen LogP contribution in [-0.2, 0) is 16.1 Å². The van der Waals surface area contributed by atoms with Gasteiger partial charge in [0.05, 0.1) is 22.7 Å². The Kier molecular flexibility index (Phi) is 7.62. The molecule has 0 unspecified atom stereocenters. The molecule has 0 spiro atoms. The number of fused-ring (bicyclic) bond motifs is 1. The number of benzene rings is 3. The van der Waals surface area contributed by atoms with Gasteiger partial charge in [-0.15, -0.1) is 12.4 Å². The number of nitrogens with two attached hydrogens (primary N) is 1. The zero-order chi connectivity index (χ0) is 23.4. The van der Waals surface area contributed by atoms with Crippen molar-refractivity contribution in [2.24, 2.45) is 5.73 Å². The van der Waals surface area contributed by atoms with Crippen molar-refractivity contribution in [1.82, 2.24) is 5.32 Å². The maximum absolute atomic E-state index is 13.0. The number of halogens is 1. The van der Waals surface area contributed by atoms with Gasteiger partial charge in [-0.1, -0.05) is 42.5 Å². The van der Waals surface area contributed by atoms with Gasteiger partial charge < -0.3 is 21.7 Å². The van der Waals surface area contributed by atoms with Crippen molar-refractivity contribution in [2.75, 3.05) is 17.2 Å². The number of carbonyl (C=O) groups excluding carboxylic acids is 2. The third kappa shape index (κ3) is 5.22. The van der Waals surface area contributed by atoms with E-state index in [1.807, 2.05) is 54.6 Å². The van der Waals surface area contributed by atoms with E-state index in [1.54, 1.807) is 0 Å². The van der Waals surface area contributed by atoms with Crippen LogP contribution in [0.4, 0.5) is 17.1 Å². The molecule has 0 radical (unpaired) electrons. The van der Waals surface area contributed by atoms with Gasteiger partial charge in [0.2, 0.25) is 5.91 Å². The number of carbonyl (C=O) groups is 2. The maximum atomic E-state index is 13.0. The van der Waals surface area contributed by atoms with Gasteiger partial charge in [0.15, 0.2) is 0 Å². The third-order valence-corrected chi connectivity index (χ3v) is 5.14. The summed E-state index contributed by atoms with van der Waals surface area (Å²) in [5.41, 5.74) is 9.28. The highest BCUT2D eigenvalue weighted by molar-refractivity contribution is 6.37. The molecule has 3 aromatic carbocycles. The van der Waals surface area contributed by atoms with Crippen molar-refractivity contribution in [3.05, 3.63) is 99.6 Å². The Hall–Kier alpha value is -4.21. The van der Waals surface area contributed by atoms with E-state index < -0.39 is 4.92 Å². The molecule has 5 N–H and O–H groups in total. The number of nitro groups is 1. The van der Waals surface area contributed by atoms with Crippen LogP contribution < -0.4 is 21.7 Å². The zero-order valence-electron chi connectivity index (χ0n) is 17.9. The molecule has 1 heterocycles. The fourth-order valence-electron chi connectivity index (χ4n) is 3.58. The standard InChI is InChI=1S/C24H21N5O4.ClH/c25-13-21(30)26-14-15-5-4-8-17(11-15)27-23(16-6-2-1-3-7-16)22-19-12-18(29(32)33)9-10-20(19)28-24(22)31;/h1-12,27H,13-14,25H2,(H,26,30)(H,28,31);1H. The summed E-state index contributed by atoms with van der Waals surface area (Å²) in [5.74, 6) is -0.621. The van der Waals surface area contributed by atoms with Crippen LogP contribution in [0.2, 0.25) is 0 Å². The van der Waals surface area contributed by atoms with Crippen LogP contribution in [0.15, 0.2) is 72.8 Å². The lowest BCUT2D eigenvalue weighted by Crippen LogP contribution is -2.29. The molecule has 4 rings (SSSR count). The van der Waals surface area contributed by atoms with E-state index in [0.29, 0.717) is 34.8 Å². The van der Waals surface area contributed by atoms with Gasteiger partial charge in [0.25, 0.3) is 11.6 Å². The Morgan fingerprint density at radius 3 is 2.50 bits per heavy atom. The second kappa shape index (κ2) is 10.6. The molecule has 1 aliphatic rings. The number of nitro benzene ring substituents is 1. The van der Waals surface area contributed by atoms with Crippen LogP contribution in [0.3, 0.4) is 0 Å². The summed E-state index contributed by atoms with van der Waals surface area (Å²) in [6, 6.07) is 20.9. The molecular formula is C24H22ClN5O4. The van der Waals surface area contributed by atoms with Crippen molar-refractivity contribution >= 4 is 52.6 Å². The summed E-state index contributed by atoms with van der Waals surface area (Å²) in [5, 5.41) is 20.1. The minimum atomic E-state index is -0.491. The number of hydrogen-bond donors (Lipinski definition) is 4. The lowest BCUT2D eigenvalue weighted by molar-refractivity contribution is -0.384. The Balaban J connectivity index is 0.00000324. The van der Waals surface area contributed by atoms with Gasteiger partial charge in [-0.3, -0.25) is 19.7 Å². The van der Waals surface area contributed by atoms with Gasteiger partial charge in [-0.25, -0.2) is 0 Å². The molecule has 0 fully saturated rings. The predicted molar refractivity (Wildman–Crippen MR) is 133 cm³/mol. The zero-order valence-corrected chi connectivity index (χ0v) is 18.7. The van der Waals surface area contributed by atoms with Crippen LogP contribution in [0.5, 0.6) is 0 Å². The van der Waals surface area contributed by atoms with E-state index >= 15 is 0 Å². The van der Waals surface area contributed by atoms with Gasteiger partial charge in [0, 0.05) is 35.6 Å². The molecule has 1 aliphatic heterocycles. The van der Waals surface area contributed by atoms with Gasteiger partial charge in [0.1, 0.15) is 0 Å². The van der Waals surface area contributed by atoms with Gasteiger partial charge in [-0.05, 0) is 29.3 Å². The van der Waals surface area contributed by atoms with Crippen LogP contribution in [0.1, 0.15) is 16.7 Å². The van der Waals surface area contributed by atoms with Crippen molar-refractivity contribution < 1.29 is 14.5 Å². The van der Waals surface area contributed by atoms with Crippen LogP contribution in [0.25, 0.3) is 11.3 Å². The summed E-state index contributed by atoms with van der Waals surface area (Å²) >= 11 is 0. The number of nitrogens with one attached hydrogen (secondary N) is 3. The molecule has 0 saturated carbocycles. The number of nitrogens with zero attached hydrogens (tertiary/aromatic N) is 1. The summed E-state index contributed by atoms with van der Waals surface area (Å²) in [6.45, 7) is 0.209. The first-order valence-corrected chi connectivity index (χ1v) is 10.2. The highest BCUT2D eigenvalue weighted by atomic mass is 35.5. The Labute approximate surface area is 201 Å². The molecule has 174 valence electrons. The van der Waals surface area contributed by atoms with E-state index in [1.165, 1.54) is 18.2 Å². The number of anilines is 2. The smallest absolute Gasteiger partial charge is 0.270 e. The van der Waals surface area contributed by atoms with E-state index in [4.69, 9.17) is 5.73 Å². The monoisotopic (exact) mass is 479 g/mol. The Morgan fingerprint density at radius 2 is 1.79 bits per heavy atom. The van der Waals surface area contributed by atoms with Gasteiger partial charge >= 0.3 is 0 Å². The Morgan fingerprint density at radius 1 is 1.03 bits per heavy atom. The third-order valence-electron chi connectivity index (χ3n) is 5.14. The first-order chi connectivity index (χ1) is 16.0. The molecule has 0 saturated heterocycles. The highest BCUT2D eigenvalue weighted by Gasteiger charge is 2.30. The van der Waals surface area contributed by atoms with Crippen LogP contribution in [-0.4, -0.2) is 23.3 Å². The molecule has 0 bridgehead atoms. The first-order valence-electron chi connectivity index (χ1n) is 10.2. The Bertz CT molecular complexity index is 1280. The number of non-ortho nitro benzene ring substituents is 1. The summed E-state index contributed by atoms with van der Waals surface area (Å²) in [4.78, 5) is 35.3. The molecule has 2 amide bonds. The molecule has 9 nitrogen and oxygen atoms in total. The predicted octanol–water partition coefficient (Wildman–Crippen LogP) is 3.52. The number of amides is 2. The van der Waals surface area contributed by atoms with Crippen LogP contribution >= 0.6 is 12.4 Å². The molecular weight excluding hydrogens is 458 g/mol. The quantitative estimate of drug-likeness (QED) is 0.232. The van der Waals surface area contributed by atoms with Crippen molar-refractivity contribution in [3.63, 3.8) is 0 Å². The minimum absolute atomic E-state index is 0. The average molecular weight is 480 g/mol. The largest absolute Gasteiger partial charge is 0.354 e. The van der Waals surface area contributed by atoms with Crippen molar-refractivity contribution in [2.45, 2.75) is 6.54 Å². The minimum Gasteiger partial charge on any atom is -0.354 e. The summed E-state index contributed by atoms with van der Waals surface area (Å²) in [7, 11) is 0. The normalized spacial score (nSPS) is 13.3. The fourth-order valence-corrected chi connectivity index (χ4v) is 3.58. The molecule has 0 aliphatic carbocycles. The second-order valence-electron chi connectivity index (χ2n) is 7.36. The van der Waals surface area contributed by atoms with E-state index in [9.17, 15) is 19.7 Å². The van der Waals surface area contributed by atoms with E-state index in [0.717, 1.165) is 11.1 Å². The molecule has 0 aromatic heterocycles. The van der Waals surface area contributed by atoms with Crippen LogP contribution in [0, 0.1) is 10.1 Å². The molecule has 0 atom stereocenters. The lowest BCUT2D eigenvalue weighted by atomic mass is 9.99. The van der Waals surface area contributed by atoms with E-state index in [-0.39, 0.29) is 36.5 Å². The molecule has 10 heteroatoms. The fraction of sp³-hybridized carbons (Fsp3) is 0.0833. The SMILES string of the molecule is Cl.NCC(=O)NCc1cccc(NC(=C2C(=O)Nc3ccc([N+](=O)[O-])cc32)c2ccccc2)c1. The van der Waals surface area contributed by atoms with E-state index in [2.05, 4.69) is 16.0 Å².